The number of nitrogens with zero attached hydrogens (tertiary/aromatic N) is 6. The van der Waals surface area contributed by atoms with Crippen molar-refractivity contribution < 1.29 is 0 Å². The van der Waals surface area contributed by atoms with Gasteiger partial charge in [0.2, 0.25) is 0 Å². The second-order valence-corrected chi connectivity index (χ2v) is 10.2. The van der Waals surface area contributed by atoms with E-state index in [0.29, 0.717) is 5.56 Å². The second kappa shape index (κ2) is 10.2. The molecule has 4 heterocycles. The van der Waals surface area contributed by atoms with Crippen LogP contribution in [-0.2, 0) is 0 Å². The van der Waals surface area contributed by atoms with E-state index in [2.05, 4.69) is 48.3 Å². The number of aromatic nitrogens is 4. The maximum atomic E-state index is 9.74. The van der Waals surface area contributed by atoms with E-state index in [0.717, 1.165) is 76.3 Å². The standard InChI is InChI=1S/C31H31N7/c1-21(2)30-29-26(24-17-22-7-3-4-8-27(22)35-20-24)11-12-34-31(29)38(36-30)25-10-9-23(19-32)28(18-25)33-13-16-37-14-5-6-15-37/h3-4,7-12,17-18,20-21,33H,5-6,13-16H2,1-2H3. The lowest BCUT2D eigenvalue weighted by Gasteiger charge is -2.16. The molecule has 1 fully saturated rings. The number of hydrogen-bond acceptors (Lipinski definition) is 6. The fourth-order valence-corrected chi connectivity index (χ4v) is 5.37. The monoisotopic (exact) mass is 501 g/mol. The zero-order valence-corrected chi connectivity index (χ0v) is 21.9. The third-order valence-corrected chi connectivity index (χ3v) is 7.35. The Hall–Kier alpha value is -4.28. The highest BCUT2D eigenvalue weighted by Gasteiger charge is 2.21. The summed E-state index contributed by atoms with van der Waals surface area (Å²) < 4.78 is 1.91. The number of fused-ring (bicyclic) bond motifs is 2. The van der Waals surface area contributed by atoms with Crippen LogP contribution in [0.4, 0.5) is 5.69 Å². The van der Waals surface area contributed by atoms with Crippen LogP contribution in [0.1, 0.15) is 43.9 Å². The number of hydrogen-bond donors (Lipinski definition) is 1. The molecule has 2 aromatic carbocycles. The minimum Gasteiger partial charge on any atom is -0.383 e. The summed E-state index contributed by atoms with van der Waals surface area (Å²) in [7, 11) is 0. The summed E-state index contributed by atoms with van der Waals surface area (Å²) in [6.45, 7) is 8.40. The Morgan fingerprint density at radius 3 is 2.68 bits per heavy atom. The van der Waals surface area contributed by atoms with E-state index in [1.165, 1.54) is 12.8 Å². The van der Waals surface area contributed by atoms with Crippen LogP contribution >= 0.6 is 0 Å². The Bertz CT molecular complexity index is 1650. The van der Waals surface area contributed by atoms with Gasteiger partial charge < -0.3 is 10.2 Å². The molecule has 5 aromatic rings. The molecule has 0 unspecified atom stereocenters. The number of para-hydroxylation sites is 1. The minimum absolute atomic E-state index is 0.201. The second-order valence-electron chi connectivity index (χ2n) is 10.2. The Labute approximate surface area is 222 Å². The molecule has 7 nitrogen and oxygen atoms in total. The van der Waals surface area contributed by atoms with Crippen molar-refractivity contribution in [2.45, 2.75) is 32.6 Å². The maximum Gasteiger partial charge on any atom is 0.163 e. The molecule has 0 spiro atoms. The number of nitrogens with one attached hydrogen (secondary N) is 1. The average molecular weight is 502 g/mol. The van der Waals surface area contributed by atoms with Gasteiger partial charge >= 0.3 is 0 Å². The highest BCUT2D eigenvalue weighted by Crippen LogP contribution is 2.35. The molecule has 1 saturated heterocycles. The van der Waals surface area contributed by atoms with Crippen molar-refractivity contribution in [3.63, 3.8) is 0 Å². The first-order valence-electron chi connectivity index (χ1n) is 13.4. The third-order valence-electron chi connectivity index (χ3n) is 7.35. The summed E-state index contributed by atoms with van der Waals surface area (Å²) in [5.41, 5.74) is 7.22. The smallest absolute Gasteiger partial charge is 0.163 e. The molecule has 1 N–H and O–H groups in total. The van der Waals surface area contributed by atoms with E-state index in [-0.39, 0.29) is 5.92 Å². The summed E-state index contributed by atoms with van der Waals surface area (Å²) >= 11 is 0. The zero-order chi connectivity index (χ0) is 26.1. The molecule has 190 valence electrons. The van der Waals surface area contributed by atoms with Crippen molar-refractivity contribution in [2.75, 3.05) is 31.5 Å². The fourth-order valence-electron chi connectivity index (χ4n) is 5.37. The molecule has 7 heteroatoms. The van der Waals surface area contributed by atoms with Crippen molar-refractivity contribution in [1.29, 1.82) is 5.26 Å². The summed E-state index contributed by atoms with van der Waals surface area (Å²) in [5, 5.41) is 20.4. The van der Waals surface area contributed by atoms with E-state index in [1.54, 1.807) is 0 Å². The van der Waals surface area contributed by atoms with Gasteiger partial charge in [-0.25, -0.2) is 9.67 Å². The molecule has 0 amide bonds. The van der Waals surface area contributed by atoms with Gasteiger partial charge in [-0.15, -0.1) is 0 Å². The minimum atomic E-state index is 0.201. The first-order chi connectivity index (χ1) is 18.6. The SMILES string of the molecule is CC(C)c1nn(-c2ccc(C#N)c(NCCN3CCCC3)c2)c2nccc(-c3cnc4ccccc4c3)c12. The molecule has 6 rings (SSSR count). The molecule has 1 aliphatic rings. The van der Waals surface area contributed by atoms with Crippen LogP contribution in [0.15, 0.2) is 67.0 Å². The molecule has 0 saturated carbocycles. The van der Waals surface area contributed by atoms with Crippen molar-refractivity contribution in [1.82, 2.24) is 24.6 Å². The number of rotatable bonds is 7. The van der Waals surface area contributed by atoms with Gasteiger partial charge in [-0.05, 0) is 73.8 Å². The highest BCUT2D eigenvalue weighted by molar-refractivity contribution is 5.97. The Kier molecular flexibility index (Phi) is 6.48. The van der Waals surface area contributed by atoms with Gasteiger partial charge in [0.15, 0.2) is 5.65 Å². The lowest BCUT2D eigenvalue weighted by molar-refractivity contribution is 0.352. The van der Waals surface area contributed by atoms with E-state index in [1.807, 2.05) is 53.5 Å². The Balaban J connectivity index is 1.42. The van der Waals surface area contributed by atoms with E-state index >= 15 is 0 Å². The topological polar surface area (TPSA) is 82.7 Å². The Morgan fingerprint density at radius 1 is 1.03 bits per heavy atom. The van der Waals surface area contributed by atoms with Crippen LogP contribution < -0.4 is 5.32 Å². The molecule has 0 atom stereocenters. The summed E-state index contributed by atoms with van der Waals surface area (Å²) in [4.78, 5) is 11.9. The lowest BCUT2D eigenvalue weighted by atomic mass is 9.98. The predicted molar refractivity (Wildman–Crippen MR) is 153 cm³/mol. The summed E-state index contributed by atoms with van der Waals surface area (Å²) in [6.07, 6.45) is 6.32. The highest BCUT2D eigenvalue weighted by atomic mass is 15.3. The van der Waals surface area contributed by atoms with Crippen molar-refractivity contribution in [2.24, 2.45) is 0 Å². The number of likely N-dealkylation sites (tertiary alicyclic amines) is 1. The van der Waals surface area contributed by atoms with E-state index in [4.69, 9.17) is 15.1 Å². The van der Waals surface area contributed by atoms with Crippen LogP contribution in [0.25, 0.3) is 38.8 Å². The first-order valence-corrected chi connectivity index (χ1v) is 13.4. The van der Waals surface area contributed by atoms with Gasteiger partial charge in [-0.1, -0.05) is 32.0 Å². The van der Waals surface area contributed by atoms with Gasteiger partial charge in [0, 0.05) is 36.4 Å². The lowest BCUT2D eigenvalue weighted by Crippen LogP contribution is -2.26. The van der Waals surface area contributed by atoms with Gasteiger partial charge in [0.1, 0.15) is 6.07 Å². The number of pyridine rings is 2. The molecular weight excluding hydrogens is 470 g/mol. The van der Waals surface area contributed by atoms with Crippen molar-refractivity contribution >= 4 is 27.6 Å². The van der Waals surface area contributed by atoms with Crippen LogP contribution in [0.2, 0.25) is 0 Å². The molecular formula is C31H31N7. The number of benzene rings is 2. The zero-order valence-electron chi connectivity index (χ0n) is 21.9. The largest absolute Gasteiger partial charge is 0.383 e. The number of nitriles is 1. The van der Waals surface area contributed by atoms with E-state index < -0.39 is 0 Å². The molecule has 0 bridgehead atoms. The normalized spacial score (nSPS) is 13.9. The van der Waals surface area contributed by atoms with Crippen molar-refractivity contribution in [3.05, 3.63) is 78.2 Å². The number of anilines is 1. The summed E-state index contributed by atoms with van der Waals surface area (Å²) in [5.74, 6) is 0.201. The quantitative estimate of drug-likeness (QED) is 0.288. The van der Waals surface area contributed by atoms with Gasteiger partial charge in [0.25, 0.3) is 0 Å². The van der Waals surface area contributed by atoms with Gasteiger partial charge in [-0.3, -0.25) is 4.98 Å². The van der Waals surface area contributed by atoms with Crippen LogP contribution in [0, 0.1) is 11.3 Å². The molecule has 0 aliphatic carbocycles. The first kappa shape index (κ1) is 24.1. The predicted octanol–water partition coefficient (Wildman–Crippen LogP) is 6.14. The van der Waals surface area contributed by atoms with Crippen LogP contribution in [-0.4, -0.2) is 50.8 Å². The molecule has 0 radical (unpaired) electrons. The van der Waals surface area contributed by atoms with Crippen molar-refractivity contribution in [3.8, 4) is 22.9 Å². The fraction of sp³-hybridized carbons (Fsp3) is 0.290. The molecule has 3 aromatic heterocycles. The van der Waals surface area contributed by atoms with Gasteiger partial charge in [0.05, 0.1) is 33.5 Å². The van der Waals surface area contributed by atoms with Gasteiger partial charge in [-0.2, -0.15) is 10.4 Å². The third kappa shape index (κ3) is 4.48. The molecule has 1 aliphatic heterocycles. The summed E-state index contributed by atoms with van der Waals surface area (Å²) in [6, 6.07) is 20.6. The van der Waals surface area contributed by atoms with E-state index in [9.17, 15) is 5.26 Å². The van der Waals surface area contributed by atoms with Crippen LogP contribution in [0.3, 0.4) is 0 Å². The maximum absolute atomic E-state index is 9.74. The van der Waals surface area contributed by atoms with Crippen LogP contribution in [0.5, 0.6) is 0 Å². The Morgan fingerprint density at radius 2 is 1.87 bits per heavy atom. The molecule has 38 heavy (non-hydrogen) atoms. The average Bonchev–Trinajstić information content (AvgIpc) is 3.61.